The standard InChI is InChI=1S/C30H41N9O8S/c1-18(2)35-27(41)22-16-20(10-13-24(22)39(44)45)36-28(42)23(6-4-14-33-30(31)32)37-29(43)25-7-5-15-38(25)26(40)17-34-48(46,47)21-11-8-19(3)9-12-21/h8-13,16,18,23,25,34H,4-7,14-15,17H2,1-3H3,(H,35,41)(H,36,42)(H,37,43)(H4,31,32,33)/t23-,25-/m0/s1. The number of guanidine groups is 1. The molecule has 1 aliphatic heterocycles. The molecule has 0 unspecified atom stereocenters. The molecule has 4 amide bonds. The summed E-state index contributed by atoms with van der Waals surface area (Å²) in [7, 11) is -3.98. The van der Waals surface area contributed by atoms with E-state index in [2.05, 4.69) is 25.7 Å². The zero-order valence-electron chi connectivity index (χ0n) is 26.9. The summed E-state index contributed by atoms with van der Waals surface area (Å²) >= 11 is 0. The Bertz CT molecular complexity index is 1660. The number of nitro benzene ring substituents is 1. The van der Waals surface area contributed by atoms with Crippen LogP contribution in [0.3, 0.4) is 0 Å². The van der Waals surface area contributed by atoms with Gasteiger partial charge in [0.05, 0.1) is 16.4 Å². The summed E-state index contributed by atoms with van der Waals surface area (Å²) in [5.74, 6) is -2.81. The lowest BCUT2D eigenvalue weighted by atomic mass is 10.1. The summed E-state index contributed by atoms with van der Waals surface area (Å²) in [6.07, 6.45) is 1.09. The highest BCUT2D eigenvalue weighted by Crippen LogP contribution is 2.24. The van der Waals surface area contributed by atoms with Crippen LogP contribution in [0.1, 0.15) is 55.5 Å². The van der Waals surface area contributed by atoms with E-state index in [0.29, 0.717) is 6.42 Å². The number of benzene rings is 2. The van der Waals surface area contributed by atoms with Crippen LogP contribution in [0.25, 0.3) is 0 Å². The Labute approximate surface area is 278 Å². The first kappa shape index (κ1) is 37.4. The van der Waals surface area contributed by atoms with E-state index in [0.717, 1.165) is 11.6 Å². The second-order valence-corrected chi connectivity index (χ2v) is 13.3. The number of amides is 4. The predicted octanol–water partition coefficient (Wildman–Crippen LogP) is 0.488. The lowest BCUT2D eigenvalue weighted by Gasteiger charge is -2.26. The van der Waals surface area contributed by atoms with E-state index >= 15 is 0 Å². The molecule has 3 rings (SSSR count). The fraction of sp³-hybridized carbons (Fsp3) is 0.433. The van der Waals surface area contributed by atoms with Gasteiger partial charge in [0.1, 0.15) is 17.6 Å². The van der Waals surface area contributed by atoms with Crippen molar-refractivity contribution in [2.45, 2.75) is 69.5 Å². The summed E-state index contributed by atoms with van der Waals surface area (Å²) in [5, 5.41) is 19.4. The number of nitrogens with zero attached hydrogens (tertiary/aromatic N) is 3. The lowest BCUT2D eigenvalue weighted by molar-refractivity contribution is -0.385. The van der Waals surface area contributed by atoms with Gasteiger partial charge in [-0.3, -0.25) is 34.3 Å². The largest absolute Gasteiger partial charge is 0.370 e. The average molecular weight is 688 g/mol. The number of likely N-dealkylation sites (tertiary alicyclic amines) is 1. The van der Waals surface area contributed by atoms with Crippen molar-refractivity contribution in [3.05, 3.63) is 63.7 Å². The van der Waals surface area contributed by atoms with Crippen molar-refractivity contribution < 1.29 is 32.5 Å². The number of aryl methyl sites for hydroxylation is 1. The number of sulfonamides is 1. The second kappa shape index (κ2) is 16.6. The molecule has 8 N–H and O–H groups in total. The Morgan fingerprint density at radius 3 is 2.40 bits per heavy atom. The van der Waals surface area contributed by atoms with Gasteiger partial charge >= 0.3 is 0 Å². The Kier molecular flexibility index (Phi) is 13.0. The Morgan fingerprint density at radius 2 is 1.77 bits per heavy atom. The molecule has 48 heavy (non-hydrogen) atoms. The number of carbonyl (C=O) groups is 4. The van der Waals surface area contributed by atoms with E-state index in [-0.39, 0.29) is 60.5 Å². The van der Waals surface area contributed by atoms with Crippen molar-refractivity contribution in [2.24, 2.45) is 16.5 Å². The third-order valence-electron chi connectivity index (χ3n) is 7.32. The normalized spacial score (nSPS) is 15.0. The van der Waals surface area contributed by atoms with Gasteiger partial charge in [0, 0.05) is 30.9 Å². The predicted molar refractivity (Wildman–Crippen MR) is 177 cm³/mol. The monoisotopic (exact) mass is 687 g/mol. The molecule has 2 atom stereocenters. The SMILES string of the molecule is Cc1ccc(S(=O)(=O)NCC(=O)N2CCC[C@H]2C(=O)N[C@@H](CCCN=C(N)N)C(=O)Nc2ccc([N+](=O)[O-])c(C(=O)NC(C)C)c2)cc1. The summed E-state index contributed by atoms with van der Waals surface area (Å²) in [6.45, 7) is 4.96. The van der Waals surface area contributed by atoms with E-state index in [1.165, 1.54) is 29.2 Å². The summed E-state index contributed by atoms with van der Waals surface area (Å²) in [6, 6.07) is 7.18. The molecule has 0 saturated carbocycles. The number of hydrogen-bond acceptors (Lipinski definition) is 9. The molecule has 17 nitrogen and oxygen atoms in total. The molecule has 18 heteroatoms. The number of anilines is 1. The molecular formula is C30H41N9O8S. The molecule has 0 radical (unpaired) electrons. The van der Waals surface area contributed by atoms with Gasteiger partial charge in [0.15, 0.2) is 5.96 Å². The van der Waals surface area contributed by atoms with Gasteiger partial charge in [-0.2, -0.15) is 0 Å². The molecule has 1 fully saturated rings. The molecule has 2 aromatic rings. The Morgan fingerprint density at radius 1 is 1.08 bits per heavy atom. The van der Waals surface area contributed by atoms with E-state index < -0.39 is 62.9 Å². The third-order valence-corrected chi connectivity index (χ3v) is 8.74. The van der Waals surface area contributed by atoms with Crippen LogP contribution in [-0.2, 0) is 24.4 Å². The van der Waals surface area contributed by atoms with Crippen molar-refractivity contribution >= 4 is 51.0 Å². The summed E-state index contributed by atoms with van der Waals surface area (Å²) in [4.78, 5) is 68.6. The molecule has 2 aromatic carbocycles. The number of nitro groups is 1. The van der Waals surface area contributed by atoms with Gasteiger partial charge in [-0.1, -0.05) is 17.7 Å². The molecule has 1 heterocycles. The van der Waals surface area contributed by atoms with Gasteiger partial charge in [0.2, 0.25) is 27.7 Å². The average Bonchev–Trinajstić information content (AvgIpc) is 3.51. The molecule has 0 bridgehead atoms. The first-order valence-electron chi connectivity index (χ1n) is 15.2. The van der Waals surface area contributed by atoms with Crippen LogP contribution in [0.5, 0.6) is 0 Å². The molecular weight excluding hydrogens is 646 g/mol. The number of carbonyl (C=O) groups excluding carboxylic acids is 4. The highest BCUT2D eigenvalue weighted by molar-refractivity contribution is 7.89. The smallest absolute Gasteiger partial charge is 0.282 e. The molecule has 260 valence electrons. The lowest BCUT2D eigenvalue weighted by Crippen LogP contribution is -2.53. The van der Waals surface area contributed by atoms with Crippen LogP contribution in [0.2, 0.25) is 0 Å². The topological polar surface area (TPSA) is 261 Å². The number of nitrogens with two attached hydrogens (primary N) is 2. The van der Waals surface area contributed by atoms with Gasteiger partial charge in [0.25, 0.3) is 11.6 Å². The van der Waals surface area contributed by atoms with Crippen molar-refractivity contribution in [2.75, 3.05) is 25.0 Å². The van der Waals surface area contributed by atoms with Crippen LogP contribution in [0.15, 0.2) is 52.4 Å². The Hall–Kier alpha value is -5.10. The number of hydrogen-bond donors (Lipinski definition) is 6. The minimum Gasteiger partial charge on any atom is -0.370 e. The van der Waals surface area contributed by atoms with Crippen LogP contribution in [0.4, 0.5) is 11.4 Å². The van der Waals surface area contributed by atoms with Crippen molar-refractivity contribution in [1.29, 1.82) is 0 Å². The van der Waals surface area contributed by atoms with Crippen LogP contribution in [0, 0.1) is 17.0 Å². The highest BCUT2D eigenvalue weighted by Gasteiger charge is 2.36. The minimum absolute atomic E-state index is 0.00751. The zero-order valence-corrected chi connectivity index (χ0v) is 27.7. The molecule has 0 aliphatic carbocycles. The number of aliphatic imine (C=N–C) groups is 1. The maximum absolute atomic E-state index is 13.5. The van der Waals surface area contributed by atoms with Crippen LogP contribution < -0.4 is 32.1 Å². The fourth-order valence-corrected chi connectivity index (χ4v) is 5.94. The van der Waals surface area contributed by atoms with Crippen molar-refractivity contribution in [3.63, 3.8) is 0 Å². The maximum atomic E-state index is 13.5. The van der Waals surface area contributed by atoms with Crippen LogP contribution in [-0.4, -0.2) is 85.6 Å². The molecule has 1 saturated heterocycles. The van der Waals surface area contributed by atoms with Gasteiger partial charge in [-0.05, 0) is 70.7 Å². The quantitative estimate of drug-likeness (QED) is 0.0496. The van der Waals surface area contributed by atoms with E-state index in [1.54, 1.807) is 26.0 Å². The van der Waals surface area contributed by atoms with Gasteiger partial charge in [-0.25, -0.2) is 13.1 Å². The first-order valence-corrected chi connectivity index (χ1v) is 16.7. The molecule has 0 spiro atoms. The second-order valence-electron chi connectivity index (χ2n) is 11.5. The summed E-state index contributed by atoms with van der Waals surface area (Å²) < 4.78 is 27.7. The van der Waals surface area contributed by atoms with E-state index in [1.807, 2.05) is 6.92 Å². The number of nitrogens with one attached hydrogen (secondary N) is 4. The van der Waals surface area contributed by atoms with E-state index in [9.17, 15) is 37.7 Å². The van der Waals surface area contributed by atoms with Gasteiger partial charge in [-0.15, -0.1) is 0 Å². The minimum atomic E-state index is -3.98. The van der Waals surface area contributed by atoms with Crippen LogP contribution >= 0.6 is 0 Å². The van der Waals surface area contributed by atoms with Gasteiger partial charge < -0.3 is 32.3 Å². The Balaban J connectivity index is 1.75. The molecule has 0 aromatic heterocycles. The summed E-state index contributed by atoms with van der Waals surface area (Å²) in [5.41, 5.74) is 11.0. The maximum Gasteiger partial charge on any atom is 0.282 e. The van der Waals surface area contributed by atoms with Crippen molar-refractivity contribution in [1.82, 2.24) is 20.3 Å². The fourth-order valence-electron chi connectivity index (χ4n) is 4.96. The zero-order chi connectivity index (χ0) is 35.6. The third kappa shape index (κ3) is 10.5. The number of rotatable bonds is 15. The highest BCUT2D eigenvalue weighted by atomic mass is 32.2. The van der Waals surface area contributed by atoms with E-state index in [4.69, 9.17) is 11.5 Å². The first-order chi connectivity index (χ1) is 22.6. The van der Waals surface area contributed by atoms with Crippen molar-refractivity contribution in [3.8, 4) is 0 Å². The molecule has 1 aliphatic rings.